The van der Waals surface area contributed by atoms with Crippen LogP contribution in [0.15, 0.2) is 36.4 Å². The maximum absolute atomic E-state index is 13.1. The van der Waals surface area contributed by atoms with E-state index >= 15 is 0 Å². The minimum absolute atomic E-state index is 0.0558. The predicted molar refractivity (Wildman–Crippen MR) is 236 cm³/mol. The topological polar surface area (TPSA) is 388 Å². The highest BCUT2D eigenvalue weighted by Crippen LogP contribution is 2.42. The molecule has 0 saturated carbocycles. The second-order valence-electron chi connectivity index (χ2n) is 16.2. The molecule has 3 saturated heterocycles. The summed E-state index contributed by atoms with van der Waals surface area (Å²) in [6.45, 7) is -2.80. The first-order valence-electron chi connectivity index (χ1n) is 22.0. The highest BCUT2D eigenvalue weighted by molar-refractivity contribution is 5.74. The van der Waals surface area contributed by atoms with Gasteiger partial charge in [-0.3, -0.25) is 9.59 Å². The minimum atomic E-state index is -1.88. The van der Waals surface area contributed by atoms with Gasteiger partial charge < -0.3 is 118 Å². The van der Waals surface area contributed by atoms with Crippen LogP contribution in [0.2, 0.25) is 0 Å². The Morgan fingerprint density at radius 2 is 0.803 bits per heavy atom. The van der Waals surface area contributed by atoms with E-state index in [4.69, 9.17) is 56.8 Å². The molecule has 26 nitrogen and oxygen atoms in total. The summed E-state index contributed by atoms with van der Waals surface area (Å²) in [5.41, 5.74) is 0.875. The summed E-state index contributed by atoms with van der Waals surface area (Å²) >= 11 is 0. The molecule has 0 bridgehead atoms. The van der Waals surface area contributed by atoms with Crippen molar-refractivity contribution < 1.29 is 128 Å². The molecule has 26 heteroatoms. The lowest BCUT2D eigenvalue weighted by Crippen LogP contribution is -2.60. The Hall–Kier alpha value is -4.98. The molecule has 0 radical (unpaired) electrons. The SMILES string of the molecule is COc1cc(C=CCOC(=O)CC(CC(=O)OCC=Cc2cc(OC)c(OC3OC(CO)C(O)C(O)C3O)c(OC)c2)OC2OC(CO)C(O)C(O)C2O)cc(OC)c1OC1OC(CO)C(O)C(O)C1O. The second kappa shape index (κ2) is 26.6. The van der Waals surface area contributed by atoms with Crippen LogP contribution < -0.4 is 28.4 Å². The molecule has 0 amide bonds. The Morgan fingerprint density at radius 1 is 0.493 bits per heavy atom. The third kappa shape index (κ3) is 14.2. The molecule has 3 fully saturated rings. The zero-order valence-corrected chi connectivity index (χ0v) is 38.9. The quantitative estimate of drug-likeness (QED) is 0.0470. The first kappa shape index (κ1) is 56.9. The fourth-order valence-electron chi connectivity index (χ4n) is 7.46. The number of hydrogen-bond acceptors (Lipinski definition) is 26. The number of carbonyl (C=O) groups excluding carboxylic acids is 2. The lowest BCUT2D eigenvalue weighted by atomic mass is 9.99. The standard InChI is InChI=1S/C45H62O26/c1-60-23-11-20(12-24(61-2)41(23)70-44-39(58)36(55)33(52)28(18-47)68-44)7-5-9-64-30(49)15-22(66-43-38(57)35(54)32(51)27(17-46)67-43)16-31(50)65-10-6-8-21-13-25(62-3)42(26(14-21)63-4)71-45-40(59)37(56)34(53)29(19-48)69-45/h5-8,11-14,22,27-29,32-40,43-48,51-59H,9-10,15-19H2,1-4H3. The first-order chi connectivity index (χ1) is 33.9. The van der Waals surface area contributed by atoms with Gasteiger partial charge in [-0.1, -0.05) is 12.2 Å². The summed E-state index contributed by atoms with van der Waals surface area (Å²) in [6, 6.07) is 5.95. The van der Waals surface area contributed by atoms with Crippen LogP contribution in [-0.4, -0.2) is 233 Å². The number of esters is 2. The van der Waals surface area contributed by atoms with Crippen LogP contribution >= 0.6 is 0 Å². The highest BCUT2D eigenvalue weighted by Gasteiger charge is 2.48. The molecule has 0 spiro atoms. The number of ether oxygens (including phenoxy) is 12. The Kier molecular flexibility index (Phi) is 21.4. The van der Waals surface area contributed by atoms with Gasteiger partial charge in [0.15, 0.2) is 29.3 Å². The normalized spacial score (nSPS) is 31.5. The molecular weight excluding hydrogens is 956 g/mol. The van der Waals surface area contributed by atoms with Crippen molar-refractivity contribution in [2.24, 2.45) is 0 Å². The van der Waals surface area contributed by atoms with Crippen molar-refractivity contribution in [3.63, 3.8) is 0 Å². The van der Waals surface area contributed by atoms with Gasteiger partial charge in [0.05, 0.1) is 67.2 Å². The number of methoxy groups -OCH3 is 4. The molecule has 0 aromatic heterocycles. The molecule has 398 valence electrons. The van der Waals surface area contributed by atoms with Crippen LogP contribution in [0.3, 0.4) is 0 Å². The van der Waals surface area contributed by atoms with E-state index in [2.05, 4.69) is 0 Å². The lowest BCUT2D eigenvalue weighted by molar-refractivity contribution is -0.311. The molecule has 15 atom stereocenters. The van der Waals surface area contributed by atoms with Crippen LogP contribution in [0.4, 0.5) is 0 Å². The van der Waals surface area contributed by atoms with E-state index in [1.807, 2.05) is 0 Å². The molecule has 5 rings (SSSR count). The zero-order valence-electron chi connectivity index (χ0n) is 38.9. The van der Waals surface area contributed by atoms with E-state index in [1.54, 1.807) is 0 Å². The molecule has 71 heavy (non-hydrogen) atoms. The monoisotopic (exact) mass is 1020 g/mol. The van der Waals surface area contributed by atoms with Gasteiger partial charge in [0.2, 0.25) is 24.1 Å². The lowest BCUT2D eigenvalue weighted by Gasteiger charge is -2.40. The third-order valence-corrected chi connectivity index (χ3v) is 11.4. The van der Waals surface area contributed by atoms with Crippen molar-refractivity contribution in [3.8, 4) is 34.5 Å². The van der Waals surface area contributed by atoms with Gasteiger partial charge in [-0.15, -0.1) is 0 Å². The van der Waals surface area contributed by atoms with E-state index in [-0.39, 0.29) is 47.7 Å². The van der Waals surface area contributed by atoms with Crippen molar-refractivity contribution in [1.82, 2.24) is 0 Å². The van der Waals surface area contributed by atoms with Crippen LogP contribution in [0.25, 0.3) is 12.2 Å². The average Bonchev–Trinajstić information content (AvgIpc) is 3.36. The minimum Gasteiger partial charge on any atom is -0.493 e. The summed E-state index contributed by atoms with van der Waals surface area (Å²) < 4.78 is 66.0. The van der Waals surface area contributed by atoms with Gasteiger partial charge in [0.1, 0.15) is 86.5 Å². The van der Waals surface area contributed by atoms with Gasteiger partial charge in [-0.25, -0.2) is 0 Å². The maximum Gasteiger partial charge on any atom is 0.308 e. The van der Waals surface area contributed by atoms with E-state index < -0.39 is 143 Å². The molecule has 15 unspecified atom stereocenters. The number of aliphatic hydroxyl groups is 12. The van der Waals surface area contributed by atoms with E-state index in [9.17, 15) is 70.9 Å². The van der Waals surface area contributed by atoms with Gasteiger partial charge in [-0.05, 0) is 47.5 Å². The molecule has 2 aromatic carbocycles. The molecule has 0 aliphatic carbocycles. The van der Waals surface area contributed by atoms with Crippen molar-refractivity contribution in [3.05, 3.63) is 47.5 Å². The van der Waals surface area contributed by atoms with Crippen LogP contribution in [0.5, 0.6) is 34.5 Å². The van der Waals surface area contributed by atoms with Crippen molar-refractivity contribution in [2.45, 2.75) is 111 Å². The Bertz CT molecular complexity index is 1900. The second-order valence-corrected chi connectivity index (χ2v) is 16.2. The molecule has 2 aromatic rings. The van der Waals surface area contributed by atoms with Gasteiger partial charge in [-0.2, -0.15) is 0 Å². The van der Waals surface area contributed by atoms with E-state index in [1.165, 1.54) is 77.0 Å². The smallest absolute Gasteiger partial charge is 0.308 e. The number of aliphatic hydroxyl groups excluding tert-OH is 12. The van der Waals surface area contributed by atoms with Crippen molar-refractivity contribution >= 4 is 24.1 Å². The number of rotatable bonds is 23. The number of benzene rings is 2. The summed E-state index contributed by atoms with van der Waals surface area (Å²) in [7, 11) is 5.25. The third-order valence-electron chi connectivity index (χ3n) is 11.4. The summed E-state index contributed by atoms with van der Waals surface area (Å²) in [6.07, 6.45) is -21.0. The van der Waals surface area contributed by atoms with Crippen molar-refractivity contribution in [2.75, 3.05) is 61.5 Å². The maximum atomic E-state index is 13.1. The predicted octanol–water partition coefficient (Wildman–Crippen LogP) is -4.14. The fourth-order valence-corrected chi connectivity index (χ4v) is 7.46. The Balaban J connectivity index is 1.22. The Labute approximate surface area is 405 Å². The van der Waals surface area contributed by atoms with Crippen LogP contribution in [0.1, 0.15) is 24.0 Å². The molecular formula is C45H62O26. The Morgan fingerprint density at radius 3 is 1.11 bits per heavy atom. The van der Waals surface area contributed by atoms with Crippen molar-refractivity contribution in [1.29, 1.82) is 0 Å². The molecule has 12 N–H and O–H groups in total. The van der Waals surface area contributed by atoms with Gasteiger partial charge in [0, 0.05) is 0 Å². The number of carbonyl (C=O) groups is 2. The zero-order chi connectivity index (χ0) is 52.1. The van der Waals surface area contributed by atoms with Crippen LogP contribution in [0, 0.1) is 0 Å². The fraction of sp³-hybridized carbons (Fsp3) is 0.600. The molecule has 3 aliphatic heterocycles. The van der Waals surface area contributed by atoms with E-state index in [0.29, 0.717) is 11.1 Å². The van der Waals surface area contributed by atoms with Gasteiger partial charge >= 0.3 is 11.9 Å². The summed E-state index contributed by atoms with van der Waals surface area (Å²) in [4.78, 5) is 26.3. The average molecular weight is 1020 g/mol. The number of hydrogen-bond donors (Lipinski definition) is 12. The van der Waals surface area contributed by atoms with Gasteiger partial charge in [0.25, 0.3) is 0 Å². The summed E-state index contributed by atoms with van der Waals surface area (Å²) in [5, 5.41) is 122. The first-order valence-corrected chi connectivity index (χ1v) is 22.0. The largest absolute Gasteiger partial charge is 0.493 e. The summed E-state index contributed by atoms with van der Waals surface area (Å²) in [5.74, 6) is -1.62. The molecule has 3 aliphatic rings. The van der Waals surface area contributed by atoms with Crippen LogP contribution in [-0.2, 0) is 38.0 Å². The highest BCUT2D eigenvalue weighted by atomic mass is 16.7. The van der Waals surface area contributed by atoms with E-state index in [0.717, 1.165) is 0 Å². The molecule has 3 heterocycles.